The third-order valence-electron chi connectivity index (χ3n) is 4.24. The zero-order chi connectivity index (χ0) is 21.2. The van der Waals surface area contributed by atoms with Crippen LogP contribution in [0.15, 0.2) is 67.1 Å². The first-order valence-electron chi connectivity index (χ1n) is 9.68. The van der Waals surface area contributed by atoms with Crippen molar-refractivity contribution in [3.05, 3.63) is 78.2 Å². The molecule has 0 atom stereocenters. The maximum absolute atomic E-state index is 12.3. The Balaban J connectivity index is 1.52. The molecule has 3 rings (SSSR count). The largest absolute Gasteiger partial charge is 0.494 e. The van der Waals surface area contributed by atoms with Crippen LogP contribution < -0.4 is 14.8 Å². The Morgan fingerprint density at radius 3 is 2.43 bits per heavy atom. The average molecular weight is 405 g/mol. The van der Waals surface area contributed by atoms with Gasteiger partial charge in [0.15, 0.2) is 17.4 Å². The van der Waals surface area contributed by atoms with E-state index in [9.17, 15) is 9.59 Å². The molecule has 1 N–H and O–H groups in total. The van der Waals surface area contributed by atoms with Crippen molar-refractivity contribution in [1.29, 1.82) is 0 Å². The molecule has 7 nitrogen and oxygen atoms in total. The number of pyridine rings is 2. The molecular weight excluding hydrogens is 382 g/mol. The van der Waals surface area contributed by atoms with Crippen molar-refractivity contribution in [2.75, 3.05) is 11.9 Å². The van der Waals surface area contributed by atoms with Crippen LogP contribution in [0.1, 0.15) is 35.7 Å². The van der Waals surface area contributed by atoms with Crippen molar-refractivity contribution < 1.29 is 19.1 Å². The predicted molar refractivity (Wildman–Crippen MR) is 113 cm³/mol. The second kappa shape index (κ2) is 10.7. The van der Waals surface area contributed by atoms with Gasteiger partial charge in [-0.3, -0.25) is 14.6 Å². The standard InChI is InChI=1S/C23H23N3O4/c1-2-29-19-7-5-18(6-8-19)20(27)9-10-22(28)26-23-21(4-3-13-25-23)30-16-17-11-14-24-15-12-17/h3-8,11-15H,2,9-10,16H2,1H3,(H,25,26,28). The summed E-state index contributed by atoms with van der Waals surface area (Å²) in [5.41, 5.74) is 1.50. The van der Waals surface area contributed by atoms with Gasteiger partial charge in [-0.1, -0.05) is 0 Å². The van der Waals surface area contributed by atoms with Gasteiger partial charge >= 0.3 is 0 Å². The lowest BCUT2D eigenvalue weighted by molar-refractivity contribution is -0.116. The van der Waals surface area contributed by atoms with Gasteiger partial charge in [0.1, 0.15) is 12.4 Å². The maximum atomic E-state index is 12.3. The van der Waals surface area contributed by atoms with E-state index >= 15 is 0 Å². The second-order valence-electron chi connectivity index (χ2n) is 6.42. The number of amides is 1. The summed E-state index contributed by atoms with van der Waals surface area (Å²) in [6.45, 7) is 2.79. The molecule has 2 aromatic heterocycles. The number of Topliss-reactive ketones (excluding diaryl/α,β-unsaturated/α-hetero) is 1. The quantitative estimate of drug-likeness (QED) is 0.512. The van der Waals surface area contributed by atoms with Gasteiger partial charge in [-0.05, 0) is 61.0 Å². The normalized spacial score (nSPS) is 10.3. The lowest BCUT2D eigenvalue weighted by Gasteiger charge is -2.11. The van der Waals surface area contributed by atoms with E-state index in [1.54, 1.807) is 55.0 Å². The van der Waals surface area contributed by atoms with Gasteiger partial charge in [-0.25, -0.2) is 4.98 Å². The Labute approximate surface area is 175 Å². The third-order valence-corrected chi connectivity index (χ3v) is 4.24. The number of carbonyl (C=O) groups excluding carboxylic acids is 2. The molecule has 0 aliphatic heterocycles. The van der Waals surface area contributed by atoms with Gasteiger partial charge in [-0.2, -0.15) is 0 Å². The van der Waals surface area contributed by atoms with Crippen LogP contribution in [-0.4, -0.2) is 28.3 Å². The number of benzene rings is 1. The van der Waals surface area contributed by atoms with Crippen molar-refractivity contribution in [2.45, 2.75) is 26.4 Å². The van der Waals surface area contributed by atoms with Crippen LogP contribution in [-0.2, 0) is 11.4 Å². The second-order valence-corrected chi connectivity index (χ2v) is 6.42. The Bertz CT molecular complexity index is 975. The van der Waals surface area contributed by atoms with Gasteiger partial charge < -0.3 is 14.8 Å². The first kappa shape index (κ1) is 21.0. The highest BCUT2D eigenvalue weighted by atomic mass is 16.5. The topological polar surface area (TPSA) is 90.4 Å². The zero-order valence-corrected chi connectivity index (χ0v) is 16.7. The number of ketones is 1. The molecular formula is C23H23N3O4. The molecule has 0 spiro atoms. The van der Waals surface area contributed by atoms with Gasteiger partial charge in [0.2, 0.25) is 5.91 Å². The van der Waals surface area contributed by atoms with E-state index in [0.717, 1.165) is 5.56 Å². The molecule has 0 radical (unpaired) electrons. The van der Waals surface area contributed by atoms with Crippen LogP contribution in [0.2, 0.25) is 0 Å². The minimum Gasteiger partial charge on any atom is -0.494 e. The minimum atomic E-state index is -0.304. The molecule has 154 valence electrons. The van der Waals surface area contributed by atoms with Crippen LogP contribution in [0.3, 0.4) is 0 Å². The fraction of sp³-hybridized carbons (Fsp3) is 0.217. The number of nitrogens with zero attached hydrogens (tertiary/aromatic N) is 2. The monoisotopic (exact) mass is 405 g/mol. The highest BCUT2D eigenvalue weighted by Gasteiger charge is 2.13. The van der Waals surface area contributed by atoms with Crippen LogP contribution in [0.5, 0.6) is 11.5 Å². The van der Waals surface area contributed by atoms with Gasteiger partial charge in [0.25, 0.3) is 0 Å². The molecule has 0 saturated heterocycles. The zero-order valence-electron chi connectivity index (χ0n) is 16.7. The Hall–Kier alpha value is -3.74. The number of rotatable bonds is 10. The molecule has 1 aromatic carbocycles. The van der Waals surface area contributed by atoms with E-state index in [4.69, 9.17) is 9.47 Å². The first-order chi connectivity index (χ1) is 14.7. The summed E-state index contributed by atoms with van der Waals surface area (Å²) >= 11 is 0. The molecule has 0 unspecified atom stereocenters. The Morgan fingerprint density at radius 2 is 1.70 bits per heavy atom. The highest BCUT2D eigenvalue weighted by molar-refractivity contribution is 6.00. The fourth-order valence-corrected chi connectivity index (χ4v) is 2.71. The molecule has 0 fully saturated rings. The van der Waals surface area contributed by atoms with Gasteiger partial charge in [0, 0.05) is 37.0 Å². The van der Waals surface area contributed by atoms with Crippen LogP contribution in [0.4, 0.5) is 5.82 Å². The smallest absolute Gasteiger partial charge is 0.226 e. The van der Waals surface area contributed by atoms with E-state index in [-0.39, 0.29) is 24.5 Å². The molecule has 7 heteroatoms. The van der Waals surface area contributed by atoms with Crippen LogP contribution >= 0.6 is 0 Å². The molecule has 1 amide bonds. The van der Waals surface area contributed by atoms with Crippen molar-refractivity contribution >= 4 is 17.5 Å². The lowest BCUT2D eigenvalue weighted by Crippen LogP contribution is -2.15. The summed E-state index contributed by atoms with van der Waals surface area (Å²) in [4.78, 5) is 32.8. The van der Waals surface area contributed by atoms with E-state index in [1.807, 2.05) is 19.1 Å². The summed E-state index contributed by atoms with van der Waals surface area (Å²) < 4.78 is 11.1. The molecule has 0 bridgehead atoms. The van der Waals surface area contributed by atoms with Gasteiger partial charge in [0.05, 0.1) is 6.61 Å². The van der Waals surface area contributed by atoms with E-state index < -0.39 is 0 Å². The van der Waals surface area contributed by atoms with Crippen molar-refractivity contribution in [2.24, 2.45) is 0 Å². The fourth-order valence-electron chi connectivity index (χ4n) is 2.71. The molecule has 30 heavy (non-hydrogen) atoms. The summed E-state index contributed by atoms with van der Waals surface area (Å²) in [5.74, 6) is 1.08. The SMILES string of the molecule is CCOc1ccc(C(=O)CCC(=O)Nc2ncccc2OCc2ccncc2)cc1. The van der Waals surface area contributed by atoms with Gasteiger partial charge in [-0.15, -0.1) is 0 Å². The van der Waals surface area contributed by atoms with E-state index in [0.29, 0.717) is 36.1 Å². The lowest BCUT2D eigenvalue weighted by atomic mass is 10.1. The van der Waals surface area contributed by atoms with E-state index in [1.165, 1.54) is 0 Å². The number of hydrogen-bond donors (Lipinski definition) is 1. The number of aromatic nitrogens is 2. The number of carbonyl (C=O) groups is 2. The number of nitrogens with one attached hydrogen (secondary N) is 1. The maximum Gasteiger partial charge on any atom is 0.226 e. The average Bonchev–Trinajstić information content (AvgIpc) is 2.78. The summed E-state index contributed by atoms with van der Waals surface area (Å²) in [7, 11) is 0. The van der Waals surface area contributed by atoms with Crippen LogP contribution in [0, 0.1) is 0 Å². The van der Waals surface area contributed by atoms with Crippen molar-refractivity contribution in [3.63, 3.8) is 0 Å². The van der Waals surface area contributed by atoms with Crippen LogP contribution in [0.25, 0.3) is 0 Å². The summed E-state index contributed by atoms with van der Waals surface area (Å²) in [5, 5.41) is 2.72. The Morgan fingerprint density at radius 1 is 0.933 bits per heavy atom. The molecule has 0 aliphatic carbocycles. The number of anilines is 1. The number of ether oxygens (including phenoxy) is 2. The molecule has 3 aromatic rings. The summed E-state index contributed by atoms with van der Waals surface area (Å²) in [6, 6.07) is 14.1. The third kappa shape index (κ3) is 6.13. The van der Waals surface area contributed by atoms with Crippen molar-refractivity contribution in [3.8, 4) is 11.5 Å². The highest BCUT2D eigenvalue weighted by Crippen LogP contribution is 2.22. The Kier molecular flexibility index (Phi) is 7.49. The molecule has 0 saturated carbocycles. The van der Waals surface area contributed by atoms with E-state index in [2.05, 4.69) is 15.3 Å². The van der Waals surface area contributed by atoms with Crippen molar-refractivity contribution in [1.82, 2.24) is 9.97 Å². The summed E-state index contributed by atoms with van der Waals surface area (Å²) in [6.07, 6.45) is 5.09. The predicted octanol–water partition coefficient (Wildman–Crippen LogP) is 4.06. The minimum absolute atomic E-state index is 0.0480. The molecule has 2 heterocycles. The first-order valence-corrected chi connectivity index (χ1v) is 9.68. The molecule has 0 aliphatic rings. The number of hydrogen-bond acceptors (Lipinski definition) is 6.